The van der Waals surface area contributed by atoms with Crippen LogP contribution in [-0.2, 0) is 23.9 Å². The number of amides is 3. The molecule has 0 saturated heterocycles. The fourth-order valence-electron chi connectivity index (χ4n) is 3.23. The summed E-state index contributed by atoms with van der Waals surface area (Å²) in [6.45, 7) is 8.43. The number of carbonyl (C=O) groups is 4. The van der Waals surface area contributed by atoms with E-state index in [0.717, 1.165) is 16.0 Å². The molecule has 192 valence electrons. The summed E-state index contributed by atoms with van der Waals surface area (Å²) in [6, 6.07) is 5.41. The summed E-state index contributed by atoms with van der Waals surface area (Å²) in [6.07, 6.45) is 7.11. The minimum Gasteiger partial charge on any atom is -0.468 e. The summed E-state index contributed by atoms with van der Waals surface area (Å²) >= 11 is 1.49. The second-order valence-electron chi connectivity index (χ2n) is 8.87. The molecule has 1 rings (SSSR count). The molecule has 2 atom stereocenters. The smallest absolute Gasteiger partial charge is 0.408 e. The normalized spacial score (nSPS) is 12.5. The molecule has 0 bridgehead atoms. The minimum atomic E-state index is -1.24. The molecule has 35 heavy (non-hydrogen) atoms. The molecule has 1 aromatic rings. The van der Waals surface area contributed by atoms with E-state index < -0.39 is 48.1 Å². The Bertz CT molecular complexity index is 967. The maximum atomic E-state index is 13.6. The summed E-state index contributed by atoms with van der Waals surface area (Å²) in [5.74, 6) is -1.41. The number of nitrogens with zero attached hydrogens (tertiary/aromatic N) is 1. The molecule has 3 amide bonds. The quantitative estimate of drug-likeness (QED) is 0.285. The third-order valence-electron chi connectivity index (χ3n) is 4.84. The molecule has 0 aliphatic heterocycles. The Morgan fingerprint density at radius 3 is 2.37 bits per heavy atom. The molecular weight excluding hydrogens is 470 g/mol. The molecule has 0 spiro atoms. The molecule has 10 heteroatoms. The first-order valence-electron chi connectivity index (χ1n) is 11.0. The molecule has 0 heterocycles. The summed E-state index contributed by atoms with van der Waals surface area (Å²) in [5.41, 5.74) is 1.42. The van der Waals surface area contributed by atoms with E-state index in [1.165, 1.54) is 18.9 Å². The molecule has 1 aromatic carbocycles. The van der Waals surface area contributed by atoms with Gasteiger partial charge in [0.05, 0.1) is 7.11 Å². The number of terminal acetylenes is 1. The highest BCUT2D eigenvalue weighted by atomic mass is 32.2. The summed E-state index contributed by atoms with van der Waals surface area (Å²) in [5, 5.41) is 5.06. The molecule has 0 radical (unpaired) electrons. The van der Waals surface area contributed by atoms with E-state index in [2.05, 4.69) is 21.4 Å². The average molecular weight is 506 g/mol. The van der Waals surface area contributed by atoms with Crippen LogP contribution in [0.2, 0.25) is 0 Å². The van der Waals surface area contributed by atoms with Crippen LogP contribution < -0.4 is 10.6 Å². The molecular formula is C25H35N3O6S. The Hall–Kier alpha value is -3.19. The topological polar surface area (TPSA) is 114 Å². The van der Waals surface area contributed by atoms with Crippen molar-refractivity contribution in [2.24, 2.45) is 0 Å². The molecule has 9 nitrogen and oxygen atoms in total. The number of carbonyl (C=O) groups excluding carboxylic acids is 4. The van der Waals surface area contributed by atoms with Gasteiger partial charge in [0.1, 0.15) is 24.2 Å². The van der Waals surface area contributed by atoms with Gasteiger partial charge in [-0.2, -0.15) is 11.8 Å². The van der Waals surface area contributed by atoms with Gasteiger partial charge >= 0.3 is 12.1 Å². The van der Waals surface area contributed by atoms with Crippen molar-refractivity contribution in [3.05, 3.63) is 34.9 Å². The number of nitrogens with one attached hydrogen (secondary N) is 2. The maximum Gasteiger partial charge on any atom is 0.408 e. The highest BCUT2D eigenvalue weighted by molar-refractivity contribution is 7.98. The number of alkyl carbamates (subject to hydrolysis) is 1. The zero-order valence-electron chi connectivity index (χ0n) is 21.4. The van der Waals surface area contributed by atoms with E-state index in [-0.39, 0.29) is 6.42 Å². The lowest BCUT2D eigenvalue weighted by Gasteiger charge is -2.31. The Kier molecular flexibility index (Phi) is 11.6. The number of aryl methyl sites for hydroxylation is 2. The van der Waals surface area contributed by atoms with Crippen LogP contribution in [-0.4, -0.2) is 66.1 Å². The van der Waals surface area contributed by atoms with Gasteiger partial charge in [0, 0.05) is 6.04 Å². The van der Waals surface area contributed by atoms with Gasteiger partial charge < -0.3 is 20.1 Å². The number of rotatable bonds is 10. The van der Waals surface area contributed by atoms with Gasteiger partial charge in [0.15, 0.2) is 0 Å². The van der Waals surface area contributed by atoms with Crippen molar-refractivity contribution < 1.29 is 28.7 Å². The third kappa shape index (κ3) is 9.53. The van der Waals surface area contributed by atoms with Crippen molar-refractivity contribution in [1.29, 1.82) is 0 Å². The van der Waals surface area contributed by atoms with Crippen molar-refractivity contribution in [3.8, 4) is 12.5 Å². The van der Waals surface area contributed by atoms with Crippen molar-refractivity contribution in [3.63, 3.8) is 0 Å². The van der Waals surface area contributed by atoms with Crippen LogP contribution in [0.3, 0.4) is 0 Å². The molecule has 2 N–H and O–H groups in total. The van der Waals surface area contributed by atoms with E-state index in [0.29, 0.717) is 11.3 Å². The fourth-order valence-corrected chi connectivity index (χ4v) is 3.71. The molecule has 0 saturated carbocycles. The SMILES string of the molecule is C#CN(C(=O)C(CCSC)NC(=O)OC(C)(C)C)C(C(=O)NCC(=O)OC)c1ccc(C)cc1C. The number of hydrogen-bond acceptors (Lipinski definition) is 7. The second-order valence-corrected chi connectivity index (χ2v) is 9.86. The highest BCUT2D eigenvalue weighted by Gasteiger charge is 2.36. The fraction of sp³-hybridized carbons (Fsp3) is 0.520. The second kappa shape index (κ2) is 13.6. The third-order valence-corrected chi connectivity index (χ3v) is 5.48. The number of hydrogen-bond donors (Lipinski definition) is 2. The Morgan fingerprint density at radius 1 is 1.20 bits per heavy atom. The first-order chi connectivity index (χ1) is 16.3. The largest absolute Gasteiger partial charge is 0.468 e. The summed E-state index contributed by atoms with van der Waals surface area (Å²) in [7, 11) is 1.20. The van der Waals surface area contributed by atoms with E-state index in [1.54, 1.807) is 39.8 Å². The Morgan fingerprint density at radius 2 is 1.86 bits per heavy atom. The van der Waals surface area contributed by atoms with Crippen LogP contribution in [0.25, 0.3) is 0 Å². The highest BCUT2D eigenvalue weighted by Crippen LogP contribution is 2.26. The monoisotopic (exact) mass is 505 g/mol. The maximum absolute atomic E-state index is 13.6. The first kappa shape index (κ1) is 29.8. The zero-order valence-corrected chi connectivity index (χ0v) is 22.2. The number of esters is 1. The lowest BCUT2D eigenvalue weighted by molar-refractivity contribution is -0.142. The summed E-state index contributed by atoms with van der Waals surface area (Å²) < 4.78 is 9.89. The number of benzene rings is 1. The van der Waals surface area contributed by atoms with Crippen LogP contribution in [0.4, 0.5) is 4.79 Å². The molecule has 0 aromatic heterocycles. The van der Waals surface area contributed by atoms with Crippen LogP contribution in [0.1, 0.15) is 49.9 Å². The van der Waals surface area contributed by atoms with Gasteiger partial charge in [0.25, 0.3) is 5.91 Å². The lowest BCUT2D eigenvalue weighted by Crippen LogP contribution is -2.52. The molecule has 0 aliphatic carbocycles. The molecule has 0 aliphatic rings. The van der Waals surface area contributed by atoms with Gasteiger partial charge in [0.2, 0.25) is 5.91 Å². The predicted molar refractivity (Wildman–Crippen MR) is 136 cm³/mol. The number of ether oxygens (including phenoxy) is 2. The number of methoxy groups -OCH3 is 1. The van der Waals surface area contributed by atoms with Crippen LogP contribution in [0.15, 0.2) is 18.2 Å². The minimum absolute atomic E-state index is 0.265. The van der Waals surface area contributed by atoms with Gasteiger partial charge in [-0.3, -0.25) is 19.3 Å². The summed E-state index contributed by atoms with van der Waals surface area (Å²) in [4.78, 5) is 51.8. The van der Waals surface area contributed by atoms with Gasteiger partial charge in [-0.1, -0.05) is 30.2 Å². The predicted octanol–water partition coefficient (Wildman–Crippen LogP) is 2.70. The van der Waals surface area contributed by atoms with Crippen molar-refractivity contribution >= 4 is 35.6 Å². The van der Waals surface area contributed by atoms with Crippen molar-refractivity contribution in [2.45, 2.75) is 58.7 Å². The van der Waals surface area contributed by atoms with E-state index in [1.807, 2.05) is 19.2 Å². The lowest BCUT2D eigenvalue weighted by atomic mass is 9.96. The van der Waals surface area contributed by atoms with Crippen LogP contribution in [0.5, 0.6) is 0 Å². The molecule has 2 unspecified atom stereocenters. The number of thioether (sulfide) groups is 1. The van der Waals surface area contributed by atoms with Crippen molar-refractivity contribution in [2.75, 3.05) is 25.7 Å². The molecule has 0 fully saturated rings. The van der Waals surface area contributed by atoms with E-state index in [9.17, 15) is 19.2 Å². The van der Waals surface area contributed by atoms with Crippen LogP contribution >= 0.6 is 11.8 Å². The van der Waals surface area contributed by atoms with Crippen LogP contribution in [0, 0.1) is 26.3 Å². The van der Waals surface area contributed by atoms with E-state index in [4.69, 9.17) is 11.2 Å². The average Bonchev–Trinajstić information content (AvgIpc) is 2.77. The zero-order chi connectivity index (χ0) is 26.8. The first-order valence-corrected chi connectivity index (χ1v) is 12.4. The van der Waals surface area contributed by atoms with Gasteiger partial charge in [-0.25, -0.2) is 4.79 Å². The van der Waals surface area contributed by atoms with E-state index >= 15 is 0 Å². The standard InChI is InChI=1S/C25H35N3O6S/c1-9-28(23(31)19(12-13-35-8)27-24(32)34-25(4,5)6)21(22(30)26-15-20(29)33-7)18-11-10-16(2)14-17(18)3/h1,10-11,14,19,21H,12-13,15H2,2-8H3,(H,26,30)(H,27,32). The van der Waals surface area contributed by atoms with Gasteiger partial charge in [-0.05, 0) is 64.2 Å². The van der Waals surface area contributed by atoms with Gasteiger partial charge in [-0.15, -0.1) is 0 Å². The van der Waals surface area contributed by atoms with Crippen molar-refractivity contribution in [1.82, 2.24) is 15.5 Å². The Balaban J connectivity index is 3.40. The Labute approximate surface area is 211 Å².